The van der Waals surface area contributed by atoms with Crippen LogP contribution in [0.3, 0.4) is 0 Å². The zero-order valence-electron chi connectivity index (χ0n) is 14.4. The van der Waals surface area contributed by atoms with Gasteiger partial charge in [0.25, 0.3) is 5.91 Å². The minimum Gasteiger partial charge on any atom is -0.339 e. The van der Waals surface area contributed by atoms with Crippen molar-refractivity contribution < 1.29 is 9.59 Å². The molecule has 0 aliphatic carbocycles. The molecule has 2 N–H and O–H groups in total. The third kappa shape index (κ3) is 4.52. The Labute approximate surface area is 155 Å². The minimum absolute atomic E-state index is 0.0304. The minimum atomic E-state index is -0.428. The molecule has 0 bridgehead atoms. The summed E-state index contributed by atoms with van der Waals surface area (Å²) in [4.78, 5) is 23.7. The maximum Gasteiger partial charge on any atom is 0.276 e. The molecular formula is C20H15N5O2. The number of ketones is 1. The molecule has 0 aliphatic rings. The summed E-state index contributed by atoms with van der Waals surface area (Å²) in [6, 6.07) is 18.8. The molecule has 0 spiro atoms. The van der Waals surface area contributed by atoms with Crippen LogP contribution in [0.2, 0.25) is 0 Å². The number of benzene rings is 2. The number of carbonyl (C=O) groups is 2. The third-order valence-electron chi connectivity index (χ3n) is 3.69. The largest absolute Gasteiger partial charge is 0.339 e. The lowest BCUT2D eigenvalue weighted by Gasteiger charge is -2.07. The molecule has 3 aromatic rings. The number of nitrogens with zero attached hydrogens (tertiary/aromatic N) is 3. The van der Waals surface area contributed by atoms with Crippen molar-refractivity contribution >= 4 is 28.9 Å². The van der Waals surface area contributed by atoms with Crippen LogP contribution in [0.5, 0.6) is 0 Å². The Morgan fingerprint density at radius 1 is 0.963 bits per heavy atom. The Morgan fingerprint density at radius 3 is 2.44 bits per heavy atom. The van der Waals surface area contributed by atoms with Gasteiger partial charge in [-0.2, -0.15) is 5.26 Å². The molecular weight excluding hydrogens is 342 g/mol. The van der Waals surface area contributed by atoms with Crippen molar-refractivity contribution in [3.05, 3.63) is 77.5 Å². The first-order valence-electron chi connectivity index (χ1n) is 8.08. The molecule has 0 saturated heterocycles. The zero-order chi connectivity index (χ0) is 19.2. The normalized spacial score (nSPS) is 9.93. The summed E-state index contributed by atoms with van der Waals surface area (Å²) in [5, 5.41) is 22.5. The van der Waals surface area contributed by atoms with Gasteiger partial charge in [0, 0.05) is 16.9 Å². The van der Waals surface area contributed by atoms with E-state index in [-0.39, 0.29) is 11.5 Å². The second-order valence-corrected chi connectivity index (χ2v) is 5.71. The van der Waals surface area contributed by atoms with Gasteiger partial charge in [0.2, 0.25) is 0 Å². The molecule has 0 radical (unpaired) electrons. The lowest BCUT2D eigenvalue weighted by atomic mass is 10.1. The Morgan fingerprint density at radius 2 is 1.74 bits per heavy atom. The van der Waals surface area contributed by atoms with Crippen LogP contribution in [-0.2, 0) is 0 Å². The number of amides is 1. The van der Waals surface area contributed by atoms with Crippen molar-refractivity contribution in [2.24, 2.45) is 0 Å². The standard InChI is InChI=1S/C20H15N5O2/c1-13(26)15-5-3-7-17(11-15)22-19-9-8-18(24-25-19)20(27)23-16-6-2-4-14(10-16)12-21/h2-11H,1H3,(H,22,25)(H,23,27). The van der Waals surface area contributed by atoms with Crippen LogP contribution in [0.4, 0.5) is 17.2 Å². The number of anilines is 3. The van der Waals surface area contributed by atoms with Gasteiger partial charge in [-0.25, -0.2) is 0 Å². The molecule has 0 unspecified atom stereocenters. The highest BCUT2D eigenvalue weighted by Crippen LogP contribution is 2.16. The van der Waals surface area contributed by atoms with E-state index in [0.29, 0.717) is 28.3 Å². The van der Waals surface area contributed by atoms with E-state index in [2.05, 4.69) is 20.8 Å². The first-order valence-corrected chi connectivity index (χ1v) is 8.08. The van der Waals surface area contributed by atoms with Crippen molar-refractivity contribution in [3.63, 3.8) is 0 Å². The van der Waals surface area contributed by atoms with E-state index in [1.165, 1.54) is 13.0 Å². The van der Waals surface area contributed by atoms with Crippen molar-refractivity contribution in [1.29, 1.82) is 5.26 Å². The number of hydrogen-bond donors (Lipinski definition) is 2. The summed E-state index contributed by atoms with van der Waals surface area (Å²) in [6.45, 7) is 1.50. The SMILES string of the molecule is CC(=O)c1cccc(Nc2ccc(C(=O)Nc3cccc(C#N)c3)nn2)c1. The summed E-state index contributed by atoms with van der Waals surface area (Å²) < 4.78 is 0. The van der Waals surface area contributed by atoms with Gasteiger partial charge >= 0.3 is 0 Å². The van der Waals surface area contributed by atoms with E-state index >= 15 is 0 Å². The van der Waals surface area contributed by atoms with Gasteiger partial charge in [-0.05, 0) is 49.4 Å². The predicted octanol–water partition coefficient (Wildman–Crippen LogP) is 3.55. The van der Waals surface area contributed by atoms with E-state index in [0.717, 1.165) is 0 Å². The molecule has 0 atom stereocenters. The Balaban J connectivity index is 1.69. The summed E-state index contributed by atoms with van der Waals surface area (Å²) >= 11 is 0. The predicted molar refractivity (Wildman–Crippen MR) is 101 cm³/mol. The van der Waals surface area contributed by atoms with Gasteiger partial charge in [0.15, 0.2) is 17.3 Å². The number of aromatic nitrogens is 2. The fourth-order valence-electron chi connectivity index (χ4n) is 2.35. The van der Waals surface area contributed by atoms with Gasteiger partial charge in [-0.15, -0.1) is 10.2 Å². The molecule has 7 nitrogen and oxygen atoms in total. The van der Waals surface area contributed by atoms with E-state index in [1.54, 1.807) is 54.6 Å². The highest BCUT2D eigenvalue weighted by molar-refractivity contribution is 6.02. The number of nitriles is 1. The van der Waals surface area contributed by atoms with Crippen molar-refractivity contribution in [2.45, 2.75) is 6.92 Å². The summed E-state index contributed by atoms with van der Waals surface area (Å²) in [7, 11) is 0. The maximum atomic E-state index is 12.2. The Bertz CT molecular complexity index is 1040. The molecule has 0 aliphatic heterocycles. The van der Waals surface area contributed by atoms with Gasteiger partial charge in [-0.1, -0.05) is 18.2 Å². The fourth-order valence-corrected chi connectivity index (χ4v) is 2.35. The van der Waals surface area contributed by atoms with Crippen LogP contribution < -0.4 is 10.6 Å². The summed E-state index contributed by atoms with van der Waals surface area (Å²) in [5.41, 5.74) is 2.38. The molecule has 1 aromatic heterocycles. The molecule has 1 heterocycles. The first kappa shape index (κ1) is 17.8. The number of Topliss-reactive ketones (excluding diaryl/α,β-unsaturated/α-hetero) is 1. The van der Waals surface area contributed by atoms with Gasteiger partial charge in [0.05, 0.1) is 11.6 Å². The van der Waals surface area contributed by atoms with Gasteiger partial charge in [0.1, 0.15) is 0 Å². The monoisotopic (exact) mass is 357 g/mol. The smallest absolute Gasteiger partial charge is 0.276 e. The van der Waals surface area contributed by atoms with E-state index in [4.69, 9.17) is 5.26 Å². The van der Waals surface area contributed by atoms with Crippen molar-refractivity contribution in [2.75, 3.05) is 10.6 Å². The Kier molecular flexibility index (Phi) is 5.19. The van der Waals surface area contributed by atoms with Crippen LogP contribution in [0, 0.1) is 11.3 Å². The second-order valence-electron chi connectivity index (χ2n) is 5.71. The van der Waals surface area contributed by atoms with Crippen LogP contribution >= 0.6 is 0 Å². The van der Waals surface area contributed by atoms with Gasteiger partial charge in [-0.3, -0.25) is 9.59 Å². The van der Waals surface area contributed by atoms with Gasteiger partial charge < -0.3 is 10.6 Å². The molecule has 1 amide bonds. The molecule has 7 heteroatoms. The van der Waals surface area contributed by atoms with Crippen molar-refractivity contribution in [1.82, 2.24) is 10.2 Å². The molecule has 27 heavy (non-hydrogen) atoms. The number of hydrogen-bond acceptors (Lipinski definition) is 6. The molecule has 0 fully saturated rings. The molecule has 3 rings (SSSR count). The van der Waals surface area contributed by atoms with Crippen LogP contribution in [-0.4, -0.2) is 21.9 Å². The zero-order valence-corrected chi connectivity index (χ0v) is 14.4. The summed E-state index contributed by atoms with van der Waals surface area (Å²) in [6.07, 6.45) is 0. The third-order valence-corrected chi connectivity index (χ3v) is 3.69. The van der Waals surface area contributed by atoms with Crippen LogP contribution in [0.15, 0.2) is 60.7 Å². The highest BCUT2D eigenvalue weighted by atomic mass is 16.2. The quantitative estimate of drug-likeness (QED) is 0.676. The van der Waals surface area contributed by atoms with Crippen LogP contribution in [0.1, 0.15) is 33.3 Å². The molecule has 132 valence electrons. The van der Waals surface area contributed by atoms with E-state index in [1.807, 2.05) is 6.07 Å². The maximum absolute atomic E-state index is 12.2. The Hall–Kier alpha value is -4.05. The van der Waals surface area contributed by atoms with Crippen LogP contribution in [0.25, 0.3) is 0 Å². The topological polar surface area (TPSA) is 108 Å². The lowest BCUT2D eigenvalue weighted by Crippen LogP contribution is -2.14. The number of carbonyl (C=O) groups excluding carboxylic acids is 2. The average Bonchev–Trinajstić information content (AvgIpc) is 2.69. The average molecular weight is 357 g/mol. The van der Waals surface area contributed by atoms with Crippen molar-refractivity contribution in [3.8, 4) is 6.07 Å². The summed E-state index contributed by atoms with van der Waals surface area (Å²) in [5.74, 6) is -0.0151. The fraction of sp³-hybridized carbons (Fsp3) is 0.0500. The highest BCUT2D eigenvalue weighted by Gasteiger charge is 2.09. The second kappa shape index (κ2) is 7.89. The number of rotatable bonds is 5. The number of nitrogens with one attached hydrogen (secondary N) is 2. The first-order chi connectivity index (χ1) is 13.0. The lowest BCUT2D eigenvalue weighted by molar-refractivity contribution is 0.101. The van der Waals surface area contributed by atoms with E-state index in [9.17, 15) is 9.59 Å². The van der Waals surface area contributed by atoms with E-state index < -0.39 is 5.91 Å². The molecule has 0 saturated carbocycles. The molecule has 2 aromatic carbocycles.